The number of halogens is 3. The zero-order chi connectivity index (χ0) is 8.97. The van der Waals surface area contributed by atoms with Gasteiger partial charge in [-0.2, -0.15) is 0 Å². The molecule has 0 amide bonds. The van der Waals surface area contributed by atoms with Crippen LogP contribution in [0, 0.1) is 0 Å². The predicted octanol–water partition coefficient (Wildman–Crippen LogP) is 3.56. The minimum Gasteiger partial charge on any atom is -0.205 e. The SMILES string of the molecule is FC(F)c1ccc(CCBr)cc1. The number of rotatable bonds is 3. The number of alkyl halides is 3. The van der Waals surface area contributed by atoms with E-state index in [0.717, 1.165) is 17.3 Å². The van der Waals surface area contributed by atoms with E-state index in [-0.39, 0.29) is 5.56 Å². The van der Waals surface area contributed by atoms with Crippen molar-refractivity contribution in [2.24, 2.45) is 0 Å². The highest BCUT2D eigenvalue weighted by molar-refractivity contribution is 9.09. The maximum Gasteiger partial charge on any atom is 0.263 e. The van der Waals surface area contributed by atoms with Gasteiger partial charge in [0, 0.05) is 10.9 Å². The van der Waals surface area contributed by atoms with Gasteiger partial charge in [-0.05, 0) is 12.0 Å². The summed E-state index contributed by atoms with van der Waals surface area (Å²) in [6.45, 7) is 0. The van der Waals surface area contributed by atoms with Crippen molar-refractivity contribution in [1.82, 2.24) is 0 Å². The summed E-state index contributed by atoms with van der Waals surface area (Å²) >= 11 is 3.29. The summed E-state index contributed by atoms with van der Waals surface area (Å²) in [6, 6.07) is 6.43. The molecular weight excluding hydrogens is 226 g/mol. The lowest BCUT2D eigenvalue weighted by Crippen LogP contribution is -1.88. The maximum absolute atomic E-state index is 12.1. The molecule has 0 bridgehead atoms. The molecule has 0 heterocycles. The van der Waals surface area contributed by atoms with Gasteiger partial charge < -0.3 is 0 Å². The van der Waals surface area contributed by atoms with Gasteiger partial charge in [-0.25, -0.2) is 8.78 Å². The van der Waals surface area contributed by atoms with Crippen LogP contribution >= 0.6 is 15.9 Å². The summed E-state index contributed by atoms with van der Waals surface area (Å²) in [6.07, 6.45) is -1.48. The van der Waals surface area contributed by atoms with Gasteiger partial charge in [-0.1, -0.05) is 40.2 Å². The Morgan fingerprint density at radius 1 is 1.17 bits per heavy atom. The zero-order valence-corrected chi connectivity index (χ0v) is 8.02. The highest BCUT2D eigenvalue weighted by Gasteiger charge is 2.04. The quantitative estimate of drug-likeness (QED) is 0.702. The van der Waals surface area contributed by atoms with Gasteiger partial charge in [-0.15, -0.1) is 0 Å². The molecule has 0 atom stereocenters. The van der Waals surface area contributed by atoms with E-state index in [4.69, 9.17) is 0 Å². The van der Waals surface area contributed by atoms with Crippen molar-refractivity contribution >= 4 is 15.9 Å². The molecule has 0 aliphatic carbocycles. The second kappa shape index (κ2) is 4.55. The van der Waals surface area contributed by atoms with E-state index in [1.165, 1.54) is 12.1 Å². The fourth-order valence-corrected chi connectivity index (χ4v) is 1.40. The van der Waals surface area contributed by atoms with Crippen LogP contribution in [0.1, 0.15) is 17.6 Å². The average Bonchev–Trinajstić information content (AvgIpc) is 2.06. The summed E-state index contributed by atoms with van der Waals surface area (Å²) in [5.41, 5.74) is 1.17. The summed E-state index contributed by atoms with van der Waals surface area (Å²) < 4.78 is 24.2. The third-order valence-electron chi connectivity index (χ3n) is 1.61. The topological polar surface area (TPSA) is 0 Å². The first-order valence-electron chi connectivity index (χ1n) is 3.67. The fraction of sp³-hybridized carbons (Fsp3) is 0.333. The molecule has 1 rings (SSSR count). The Morgan fingerprint density at radius 3 is 2.17 bits per heavy atom. The Morgan fingerprint density at radius 2 is 1.75 bits per heavy atom. The van der Waals surface area contributed by atoms with Crippen molar-refractivity contribution < 1.29 is 8.78 Å². The average molecular weight is 235 g/mol. The van der Waals surface area contributed by atoms with Crippen molar-refractivity contribution in [1.29, 1.82) is 0 Å². The van der Waals surface area contributed by atoms with E-state index in [9.17, 15) is 8.78 Å². The second-order valence-corrected chi connectivity index (χ2v) is 3.27. The van der Waals surface area contributed by atoms with Gasteiger partial charge in [0.05, 0.1) is 0 Å². The van der Waals surface area contributed by atoms with Crippen LogP contribution in [0.3, 0.4) is 0 Å². The molecule has 3 heteroatoms. The lowest BCUT2D eigenvalue weighted by atomic mass is 10.1. The first kappa shape index (κ1) is 9.65. The predicted molar refractivity (Wildman–Crippen MR) is 48.9 cm³/mol. The molecule has 0 aromatic heterocycles. The minimum absolute atomic E-state index is 0.0910. The van der Waals surface area contributed by atoms with E-state index in [1.54, 1.807) is 12.1 Å². The molecular formula is C9H9BrF2. The molecule has 0 radical (unpaired) electrons. The standard InChI is InChI=1S/C9H9BrF2/c10-6-5-7-1-3-8(4-2-7)9(11)12/h1-4,9H,5-6H2. The molecule has 1 aromatic carbocycles. The van der Waals surface area contributed by atoms with E-state index < -0.39 is 6.43 Å². The number of benzene rings is 1. The van der Waals surface area contributed by atoms with Gasteiger partial charge in [0.25, 0.3) is 6.43 Å². The Bertz CT molecular complexity index is 231. The monoisotopic (exact) mass is 234 g/mol. The van der Waals surface area contributed by atoms with Crippen LogP contribution in [0.15, 0.2) is 24.3 Å². The highest BCUT2D eigenvalue weighted by Crippen LogP contribution is 2.18. The van der Waals surface area contributed by atoms with Crippen LogP contribution < -0.4 is 0 Å². The van der Waals surface area contributed by atoms with Gasteiger partial charge in [-0.3, -0.25) is 0 Å². The summed E-state index contributed by atoms with van der Waals surface area (Å²) in [7, 11) is 0. The molecule has 1 aromatic rings. The van der Waals surface area contributed by atoms with Crippen LogP contribution in [0.5, 0.6) is 0 Å². The first-order valence-corrected chi connectivity index (χ1v) is 4.79. The van der Waals surface area contributed by atoms with Gasteiger partial charge in [0.2, 0.25) is 0 Å². The van der Waals surface area contributed by atoms with Crippen LogP contribution in [-0.4, -0.2) is 5.33 Å². The Labute approximate surface area is 78.7 Å². The van der Waals surface area contributed by atoms with Crippen molar-refractivity contribution in [3.63, 3.8) is 0 Å². The third-order valence-corrected chi connectivity index (χ3v) is 2.01. The summed E-state index contributed by atoms with van der Waals surface area (Å²) in [5, 5.41) is 0.862. The molecule has 0 fully saturated rings. The molecule has 0 N–H and O–H groups in total. The smallest absolute Gasteiger partial charge is 0.205 e. The molecule has 12 heavy (non-hydrogen) atoms. The van der Waals surface area contributed by atoms with Crippen molar-refractivity contribution in [3.8, 4) is 0 Å². The maximum atomic E-state index is 12.1. The molecule has 0 nitrogen and oxygen atoms in total. The molecule has 0 spiro atoms. The van der Waals surface area contributed by atoms with Crippen molar-refractivity contribution in [2.45, 2.75) is 12.8 Å². The van der Waals surface area contributed by atoms with Crippen molar-refractivity contribution in [3.05, 3.63) is 35.4 Å². The molecule has 0 saturated heterocycles. The minimum atomic E-state index is -2.36. The van der Waals surface area contributed by atoms with E-state index in [2.05, 4.69) is 15.9 Å². The van der Waals surface area contributed by atoms with Gasteiger partial charge in [0.1, 0.15) is 0 Å². The summed E-state index contributed by atoms with van der Waals surface area (Å²) in [4.78, 5) is 0. The molecule has 0 aliphatic heterocycles. The number of hydrogen-bond acceptors (Lipinski definition) is 0. The van der Waals surface area contributed by atoms with E-state index in [1.807, 2.05) is 0 Å². The molecule has 0 saturated carbocycles. The second-order valence-electron chi connectivity index (χ2n) is 2.48. The molecule has 66 valence electrons. The van der Waals surface area contributed by atoms with Crippen LogP contribution in [0.4, 0.5) is 8.78 Å². The normalized spacial score (nSPS) is 10.7. The number of aryl methyl sites for hydroxylation is 1. The van der Waals surface area contributed by atoms with Crippen LogP contribution in [0.2, 0.25) is 0 Å². The largest absolute Gasteiger partial charge is 0.263 e. The lowest BCUT2D eigenvalue weighted by molar-refractivity contribution is 0.151. The first-order chi connectivity index (χ1) is 5.74. The highest BCUT2D eigenvalue weighted by atomic mass is 79.9. The Hall–Kier alpha value is -0.440. The van der Waals surface area contributed by atoms with E-state index >= 15 is 0 Å². The van der Waals surface area contributed by atoms with Crippen molar-refractivity contribution in [2.75, 3.05) is 5.33 Å². The fourth-order valence-electron chi connectivity index (χ4n) is 0.939. The third kappa shape index (κ3) is 2.55. The van der Waals surface area contributed by atoms with Gasteiger partial charge in [0.15, 0.2) is 0 Å². The van der Waals surface area contributed by atoms with Gasteiger partial charge >= 0.3 is 0 Å². The Kier molecular flexibility index (Phi) is 3.66. The van der Waals surface area contributed by atoms with E-state index in [0.29, 0.717) is 0 Å². The lowest BCUT2D eigenvalue weighted by Gasteiger charge is -2.00. The Balaban J connectivity index is 2.71. The van der Waals surface area contributed by atoms with Crippen LogP contribution in [-0.2, 0) is 6.42 Å². The molecule has 0 aliphatic rings. The zero-order valence-electron chi connectivity index (χ0n) is 6.43. The summed E-state index contributed by atoms with van der Waals surface area (Å²) in [5.74, 6) is 0. The van der Waals surface area contributed by atoms with Crippen LogP contribution in [0.25, 0.3) is 0 Å². The number of hydrogen-bond donors (Lipinski definition) is 0. The molecule has 0 unspecified atom stereocenters.